The Bertz CT molecular complexity index is 676. The van der Waals surface area contributed by atoms with Gasteiger partial charge in [-0.1, -0.05) is 37.6 Å². The number of benzene rings is 2. The summed E-state index contributed by atoms with van der Waals surface area (Å²) in [5.74, 6) is 0. The number of rotatable bonds is 2. The van der Waals surface area contributed by atoms with Crippen molar-refractivity contribution < 1.29 is 0 Å². The van der Waals surface area contributed by atoms with Crippen molar-refractivity contribution in [2.75, 3.05) is 0 Å². The van der Waals surface area contributed by atoms with Crippen LogP contribution < -0.4 is 0 Å². The van der Waals surface area contributed by atoms with Gasteiger partial charge in [-0.05, 0) is 36.6 Å². The number of aryl methyl sites for hydroxylation is 2. The largest absolute Gasteiger partial charge is 0.354 e. The zero-order valence-corrected chi connectivity index (χ0v) is 10.4. The second-order valence-electron chi connectivity index (χ2n) is 4.80. The summed E-state index contributed by atoms with van der Waals surface area (Å²) in [4.78, 5) is 3.52. The van der Waals surface area contributed by atoms with Gasteiger partial charge in [-0.15, -0.1) is 0 Å². The van der Waals surface area contributed by atoms with Gasteiger partial charge >= 0.3 is 0 Å². The molecule has 1 heterocycles. The maximum atomic E-state index is 3.52. The molecule has 1 aromatic heterocycles. The molecule has 0 aliphatic heterocycles. The lowest BCUT2D eigenvalue weighted by Gasteiger charge is -1.98. The van der Waals surface area contributed by atoms with Crippen LogP contribution in [0, 0.1) is 6.92 Å². The molecule has 0 aliphatic rings. The molecule has 3 aromatic rings. The Morgan fingerprint density at radius 1 is 0.941 bits per heavy atom. The van der Waals surface area contributed by atoms with Crippen molar-refractivity contribution in [1.29, 1.82) is 0 Å². The normalized spacial score (nSPS) is 11.4. The Labute approximate surface area is 101 Å². The number of hydrogen-bond donors (Lipinski definition) is 1. The van der Waals surface area contributed by atoms with Gasteiger partial charge in [0, 0.05) is 21.8 Å². The lowest BCUT2D eigenvalue weighted by molar-refractivity contribution is 0.923. The number of aromatic nitrogens is 1. The van der Waals surface area contributed by atoms with E-state index in [4.69, 9.17) is 0 Å². The summed E-state index contributed by atoms with van der Waals surface area (Å²) in [5.41, 5.74) is 5.23. The molecule has 0 amide bonds. The molecule has 1 nitrogen and oxygen atoms in total. The van der Waals surface area contributed by atoms with E-state index in [1.54, 1.807) is 0 Å². The maximum absolute atomic E-state index is 3.52. The van der Waals surface area contributed by atoms with Crippen LogP contribution in [0.5, 0.6) is 0 Å². The van der Waals surface area contributed by atoms with Crippen LogP contribution in [0.25, 0.3) is 21.8 Å². The zero-order chi connectivity index (χ0) is 11.8. The van der Waals surface area contributed by atoms with E-state index in [9.17, 15) is 0 Å². The minimum atomic E-state index is 1.16. The molecule has 0 unspecified atom stereocenters. The Hall–Kier alpha value is -1.76. The van der Waals surface area contributed by atoms with E-state index in [0.717, 1.165) is 6.42 Å². The molecule has 3 rings (SSSR count). The quantitative estimate of drug-likeness (QED) is 0.654. The van der Waals surface area contributed by atoms with E-state index in [0.29, 0.717) is 0 Å². The molecular weight excluding hydrogens is 206 g/mol. The van der Waals surface area contributed by atoms with E-state index in [2.05, 4.69) is 55.2 Å². The molecule has 86 valence electrons. The average Bonchev–Trinajstić information content (AvgIpc) is 2.65. The van der Waals surface area contributed by atoms with Crippen molar-refractivity contribution in [2.45, 2.75) is 26.7 Å². The highest BCUT2D eigenvalue weighted by Gasteiger charge is 2.04. The van der Waals surface area contributed by atoms with Crippen LogP contribution in [0.2, 0.25) is 0 Å². The van der Waals surface area contributed by atoms with Crippen LogP contribution in [-0.2, 0) is 6.42 Å². The predicted molar refractivity (Wildman–Crippen MR) is 74.5 cm³/mol. The first-order valence-electron chi connectivity index (χ1n) is 6.29. The molecule has 0 bridgehead atoms. The first-order valence-corrected chi connectivity index (χ1v) is 6.29. The minimum Gasteiger partial charge on any atom is -0.354 e. The van der Waals surface area contributed by atoms with E-state index in [1.165, 1.54) is 39.4 Å². The molecule has 0 aliphatic carbocycles. The van der Waals surface area contributed by atoms with Gasteiger partial charge in [0.15, 0.2) is 0 Å². The van der Waals surface area contributed by atoms with Crippen LogP contribution in [0.3, 0.4) is 0 Å². The third-order valence-electron chi connectivity index (χ3n) is 3.36. The van der Waals surface area contributed by atoms with E-state index in [-0.39, 0.29) is 0 Å². The van der Waals surface area contributed by atoms with E-state index >= 15 is 0 Å². The monoisotopic (exact) mass is 223 g/mol. The van der Waals surface area contributed by atoms with Crippen LogP contribution in [0.4, 0.5) is 0 Å². The summed E-state index contributed by atoms with van der Waals surface area (Å²) < 4.78 is 0. The molecule has 0 radical (unpaired) electrons. The molecule has 2 aromatic carbocycles. The predicted octanol–water partition coefficient (Wildman–Crippen LogP) is 4.58. The first-order chi connectivity index (χ1) is 8.28. The van der Waals surface area contributed by atoms with Crippen molar-refractivity contribution in [3.8, 4) is 0 Å². The van der Waals surface area contributed by atoms with Gasteiger partial charge in [0.05, 0.1) is 0 Å². The fourth-order valence-electron chi connectivity index (χ4n) is 2.52. The Balaban J connectivity index is 2.27. The smallest absolute Gasteiger partial charge is 0.0467 e. The van der Waals surface area contributed by atoms with Crippen molar-refractivity contribution >= 4 is 21.8 Å². The van der Waals surface area contributed by atoms with Gasteiger partial charge in [0.1, 0.15) is 0 Å². The number of aromatic amines is 1. The van der Waals surface area contributed by atoms with Gasteiger partial charge < -0.3 is 4.98 Å². The zero-order valence-electron chi connectivity index (χ0n) is 10.4. The molecule has 0 spiro atoms. The summed E-state index contributed by atoms with van der Waals surface area (Å²) in [6, 6.07) is 13.4. The van der Waals surface area contributed by atoms with Crippen molar-refractivity contribution in [2.24, 2.45) is 0 Å². The highest BCUT2D eigenvalue weighted by Crippen LogP contribution is 2.27. The summed E-state index contributed by atoms with van der Waals surface area (Å²) in [5, 5.41) is 2.66. The Kier molecular flexibility index (Phi) is 2.40. The standard InChI is InChI=1S/C16H17N/c1-3-4-12-6-8-14-13-7-5-11(2)9-15(13)17-16(14)10-12/h5-10,17H,3-4H2,1-2H3. The lowest BCUT2D eigenvalue weighted by atomic mass is 10.1. The van der Waals surface area contributed by atoms with Crippen LogP contribution >= 0.6 is 0 Å². The second-order valence-corrected chi connectivity index (χ2v) is 4.80. The molecule has 1 heteroatoms. The van der Waals surface area contributed by atoms with Crippen LogP contribution in [-0.4, -0.2) is 4.98 Å². The summed E-state index contributed by atoms with van der Waals surface area (Å²) in [6.45, 7) is 4.35. The fraction of sp³-hybridized carbons (Fsp3) is 0.250. The van der Waals surface area contributed by atoms with Gasteiger partial charge in [-0.25, -0.2) is 0 Å². The molecule has 0 saturated heterocycles. The van der Waals surface area contributed by atoms with Crippen molar-refractivity contribution in [1.82, 2.24) is 4.98 Å². The van der Waals surface area contributed by atoms with Crippen molar-refractivity contribution in [3.05, 3.63) is 47.5 Å². The average molecular weight is 223 g/mol. The first kappa shape index (κ1) is 10.4. The van der Waals surface area contributed by atoms with Gasteiger partial charge in [-0.3, -0.25) is 0 Å². The topological polar surface area (TPSA) is 15.8 Å². The van der Waals surface area contributed by atoms with Gasteiger partial charge in [0.2, 0.25) is 0 Å². The minimum absolute atomic E-state index is 1.16. The van der Waals surface area contributed by atoms with Crippen LogP contribution in [0.1, 0.15) is 24.5 Å². The molecule has 0 atom stereocenters. The number of hydrogen-bond acceptors (Lipinski definition) is 0. The number of fused-ring (bicyclic) bond motifs is 3. The lowest BCUT2D eigenvalue weighted by Crippen LogP contribution is -1.81. The van der Waals surface area contributed by atoms with Crippen LogP contribution in [0.15, 0.2) is 36.4 Å². The van der Waals surface area contributed by atoms with Gasteiger partial charge in [-0.2, -0.15) is 0 Å². The number of H-pyrrole nitrogens is 1. The second kappa shape index (κ2) is 3.92. The molecule has 17 heavy (non-hydrogen) atoms. The van der Waals surface area contributed by atoms with E-state index < -0.39 is 0 Å². The molecular formula is C16H17N. The summed E-state index contributed by atoms with van der Waals surface area (Å²) in [7, 11) is 0. The Morgan fingerprint density at radius 2 is 1.65 bits per heavy atom. The van der Waals surface area contributed by atoms with Crippen molar-refractivity contribution in [3.63, 3.8) is 0 Å². The summed E-state index contributed by atoms with van der Waals surface area (Å²) in [6.07, 6.45) is 2.36. The van der Waals surface area contributed by atoms with E-state index in [1.807, 2.05) is 0 Å². The highest BCUT2D eigenvalue weighted by atomic mass is 14.7. The third kappa shape index (κ3) is 1.72. The fourth-order valence-corrected chi connectivity index (χ4v) is 2.52. The summed E-state index contributed by atoms with van der Waals surface area (Å²) >= 11 is 0. The third-order valence-corrected chi connectivity index (χ3v) is 3.36. The maximum Gasteiger partial charge on any atom is 0.0467 e. The van der Waals surface area contributed by atoms with Gasteiger partial charge in [0.25, 0.3) is 0 Å². The SMILES string of the molecule is CCCc1ccc2c(c1)[nH]c1cc(C)ccc12. The highest BCUT2D eigenvalue weighted by molar-refractivity contribution is 6.07. The molecule has 0 fully saturated rings. The Morgan fingerprint density at radius 3 is 2.41 bits per heavy atom. The molecule has 1 N–H and O–H groups in total. The number of nitrogens with one attached hydrogen (secondary N) is 1. The molecule has 0 saturated carbocycles.